The number of rotatable bonds is 4. The Morgan fingerprint density at radius 2 is 1.69 bits per heavy atom. The lowest BCUT2D eigenvalue weighted by Gasteiger charge is -2.35. The molecule has 0 radical (unpaired) electrons. The van der Waals surface area contributed by atoms with E-state index in [1.807, 2.05) is 47.4 Å². The van der Waals surface area contributed by atoms with Crippen molar-refractivity contribution in [3.05, 3.63) is 59.6 Å². The Balaban J connectivity index is 1.42. The van der Waals surface area contributed by atoms with Crippen molar-refractivity contribution in [2.75, 3.05) is 42.9 Å². The van der Waals surface area contributed by atoms with Gasteiger partial charge in [0.25, 0.3) is 0 Å². The molecule has 2 N–H and O–H groups in total. The van der Waals surface area contributed by atoms with Crippen molar-refractivity contribution >= 4 is 34.9 Å². The van der Waals surface area contributed by atoms with Crippen LogP contribution in [0.2, 0.25) is 5.02 Å². The van der Waals surface area contributed by atoms with E-state index in [2.05, 4.69) is 15.5 Å². The quantitative estimate of drug-likeness (QED) is 0.866. The minimum absolute atomic E-state index is 0.200. The number of hydrogen-bond acceptors (Lipinski definition) is 4. The molecule has 1 saturated heterocycles. The molecule has 26 heavy (non-hydrogen) atoms. The fourth-order valence-corrected chi connectivity index (χ4v) is 3.07. The van der Waals surface area contributed by atoms with Crippen LogP contribution in [0.1, 0.15) is 0 Å². The Morgan fingerprint density at radius 1 is 0.962 bits per heavy atom. The van der Waals surface area contributed by atoms with Crippen LogP contribution in [0.4, 0.5) is 16.2 Å². The molecular weight excluding hydrogens is 352 g/mol. The van der Waals surface area contributed by atoms with Gasteiger partial charge in [-0.25, -0.2) is 4.79 Å². The molecular formula is C19H21ClN4O2. The highest BCUT2D eigenvalue weighted by molar-refractivity contribution is 6.30. The number of imide groups is 1. The highest BCUT2D eigenvalue weighted by Crippen LogP contribution is 2.20. The molecule has 0 aromatic heterocycles. The van der Waals surface area contributed by atoms with E-state index in [9.17, 15) is 9.59 Å². The maximum atomic E-state index is 12.1. The number of nitrogens with one attached hydrogen (secondary N) is 2. The van der Waals surface area contributed by atoms with Crippen LogP contribution < -0.4 is 15.5 Å². The third kappa shape index (κ3) is 5.21. The number of hydrogen-bond donors (Lipinski definition) is 2. The summed E-state index contributed by atoms with van der Waals surface area (Å²) in [5.41, 5.74) is 1.73. The zero-order valence-electron chi connectivity index (χ0n) is 14.3. The van der Waals surface area contributed by atoms with Crippen molar-refractivity contribution in [3.63, 3.8) is 0 Å². The van der Waals surface area contributed by atoms with E-state index in [0.717, 1.165) is 31.9 Å². The van der Waals surface area contributed by atoms with Crippen molar-refractivity contribution < 1.29 is 9.59 Å². The predicted molar refractivity (Wildman–Crippen MR) is 104 cm³/mol. The molecule has 2 aromatic rings. The molecule has 1 aliphatic rings. The smallest absolute Gasteiger partial charge is 0.325 e. The van der Waals surface area contributed by atoms with Crippen molar-refractivity contribution in [1.82, 2.24) is 10.2 Å². The number of carbonyl (C=O) groups excluding carboxylic acids is 2. The normalized spacial score (nSPS) is 14.7. The number of anilines is 2. The molecule has 0 unspecified atom stereocenters. The number of urea groups is 1. The van der Waals surface area contributed by atoms with Gasteiger partial charge >= 0.3 is 6.03 Å². The minimum Gasteiger partial charge on any atom is -0.369 e. The van der Waals surface area contributed by atoms with Gasteiger partial charge in [-0.2, -0.15) is 0 Å². The molecule has 7 heteroatoms. The topological polar surface area (TPSA) is 64.7 Å². The summed E-state index contributed by atoms with van der Waals surface area (Å²) in [7, 11) is 0. The molecule has 0 saturated carbocycles. The second-order valence-electron chi connectivity index (χ2n) is 6.11. The Morgan fingerprint density at radius 3 is 2.38 bits per heavy atom. The van der Waals surface area contributed by atoms with Gasteiger partial charge in [-0.15, -0.1) is 0 Å². The predicted octanol–water partition coefficient (Wildman–Crippen LogP) is 2.81. The fraction of sp³-hybridized carbons (Fsp3) is 0.263. The molecule has 6 nitrogen and oxygen atoms in total. The largest absolute Gasteiger partial charge is 0.369 e. The molecule has 0 aliphatic carbocycles. The Hall–Kier alpha value is -2.57. The van der Waals surface area contributed by atoms with Gasteiger partial charge in [-0.05, 0) is 30.3 Å². The van der Waals surface area contributed by atoms with E-state index in [-0.39, 0.29) is 12.5 Å². The Kier molecular flexibility index (Phi) is 6.09. The van der Waals surface area contributed by atoms with E-state index in [0.29, 0.717) is 10.7 Å². The molecule has 3 amide bonds. The Labute approximate surface area is 157 Å². The number of benzene rings is 2. The Bertz CT molecular complexity index is 761. The second kappa shape index (κ2) is 8.69. The SMILES string of the molecule is O=C(CN1CCN(c2cccc(Cl)c2)CC1)NC(=O)Nc1ccccc1. The zero-order valence-corrected chi connectivity index (χ0v) is 15.1. The van der Waals surface area contributed by atoms with Crippen LogP contribution in [0.5, 0.6) is 0 Å². The van der Waals surface area contributed by atoms with E-state index < -0.39 is 6.03 Å². The number of piperazine rings is 1. The van der Waals surface area contributed by atoms with E-state index >= 15 is 0 Å². The van der Waals surface area contributed by atoms with Gasteiger partial charge in [0, 0.05) is 42.6 Å². The summed E-state index contributed by atoms with van der Waals surface area (Å²) in [6.07, 6.45) is 0. The average molecular weight is 373 g/mol. The van der Waals surface area contributed by atoms with E-state index in [1.54, 1.807) is 12.1 Å². The van der Waals surface area contributed by atoms with Crippen LogP contribution in [0.3, 0.4) is 0 Å². The number of carbonyl (C=O) groups is 2. The molecule has 136 valence electrons. The summed E-state index contributed by atoms with van der Waals surface area (Å²) in [5, 5.41) is 5.71. The molecule has 0 spiro atoms. The van der Waals surface area contributed by atoms with Crippen LogP contribution in [-0.2, 0) is 4.79 Å². The first-order valence-electron chi connectivity index (χ1n) is 8.49. The number of halogens is 1. The summed E-state index contributed by atoms with van der Waals surface area (Å²) in [5.74, 6) is -0.311. The van der Waals surface area contributed by atoms with Crippen molar-refractivity contribution in [2.45, 2.75) is 0 Å². The van der Waals surface area contributed by atoms with E-state index in [1.165, 1.54) is 0 Å². The molecule has 1 aliphatic heterocycles. The van der Waals surface area contributed by atoms with Crippen LogP contribution in [0.25, 0.3) is 0 Å². The summed E-state index contributed by atoms with van der Waals surface area (Å²) < 4.78 is 0. The average Bonchev–Trinajstić information content (AvgIpc) is 2.63. The van der Waals surface area contributed by atoms with Crippen LogP contribution in [0, 0.1) is 0 Å². The summed E-state index contributed by atoms with van der Waals surface area (Å²) in [6, 6.07) is 16.3. The lowest BCUT2D eigenvalue weighted by Crippen LogP contribution is -2.50. The monoisotopic (exact) mass is 372 g/mol. The molecule has 0 atom stereocenters. The van der Waals surface area contributed by atoms with E-state index in [4.69, 9.17) is 11.6 Å². The van der Waals surface area contributed by atoms with Gasteiger partial charge in [0.05, 0.1) is 6.54 Å². The van der Waals surface area contributed by atoms with Gasteiger partial charge in [-0.1, -0.05) is 35.9 Å². The first-order chi connectivity index (χ1) is 12.6. The third-order valence-corrected chi connectivity index (χ3v) is 4.43. The van der Waals surface area contributed by atoms with Crippen molar-refractivity contribution in [2.24, 2.45) is 0 Å². The maximum Gasteiger partial charge on any atom is 0.325 e. The van der Waals surface area contributed by atoms with Crippen LogP contribution in [-0.4, -0.2) is 49.6 Å². The number of amides is 3. The van der Waals surface area contributed by atoms with Gasteiger partial charge in [-0.3, -0.25) is 15.0 Å². The zero-order chi connectivity index (χ0) is 18.4. The summed E-state index contributed by atoms with van der Waals surface area (Å²) in [6.45, 7) is 3.32. The molecule has 3 rings (SSSR count). The van der Waals surface area contributed by atoms with Gasteiger partial charge in [0.1, 0.15) is 0 Å². The fourth-order valence-electron chi connectivity index (χ4n) is 2.89. The van der Waals surface area contributed by atoms with Gasteiger partial charge in [0.15, 0.2) is 0 Å². The highest BCUT2D eigenvalue weighted by Gasteiger charge is 2.20. The number of para-hydroxylation sites is 1. The lowest BCUT2D eigenvalue weighted by atomic mass is 10.2. The molecule has 2 aromatic carbocycles. The number of nitrogens with zero attached hydrogens (tertiary/aromatic N) is 2. The maximum absolute atomic E-state index is 12.1. The standard InChI is InChI=1S/C19H21ClN4O2/c20-15-5-4-8-17(13-15)24-11-9-23(10-12-24)14-18(25)22-19(26)21-16-6-2-1-3-7-16/h1-8,13H,9-12,14H2,(H2,21,22,25,26). The van der Waals surface area contributed by atoms with Crippen molar-refractivity contribution in [1.29, 1.82) is 0 Å². The van der Waals surface area contributed by atoms with Crippen LogP contribution in [0.15, 0.2) is 54.6 Å². The summed E-state index contributed by atoms with van der Waals surface area (Å²) in [4.78, 5) is 28.2. The summed E-state index contributed by atoms with van der Waals surface area (Å²) >= 11 is 6.04. The van der Waals surface area contributed by atoms with Gasteiger partial charge < -0.3 is 10.2 Å². The first-order valence-corrected chi connectivity index (χ1v) is 8.87. The minimum atomic E-state index is -0.515. The second-order valence-corrected chi connectivity index (χ2v) is 6.55. The molecule has 1 heterocycles. The third-order valence-electron chi connectivity index (χ3n) is 4.20. The van der Waals surface area contributed by atoms with Gasteiger partial charge in [0.2, 0.25) is 5.91 Å². The molecule has 0 bridgehead atoms. The van der Waals surface area contributed by atoms with Crippen molar-refractivity contribution in [3.8, 4) is 0 Å². The lowest BCUT2D eigenvalue weighted by molar-refractivity contribution is -0.121. The van der Waals surface area contributed by atoms with Crippen LogP contribution >= 0.6 is 11.6 Å². The first kappa shape index (κ1) is 18.2. The highest BCUT2D eigenvalue weighted by atomic mass is 35.5. The molecule has 1 fully saturated rings.